The molecule has 0 bridgehead atoms. The lowest BCUT2D eigenvalue weighted by Gasteiger charge is -2.19. The van der Waals surface area contributed by atoms with Crippen LogP contribution in [0.15, 0.2) is 60.7 Å². The van der Waals surface area contributed by atoms with Crippen molar-refractivity contribution in [3.05, 3.63) is 71.8 Å². The van der Waals surface area contributed by atoms with E-state index in [9.17, 15) is 4.79 Å². The molecular formula is C27H39NO. The molecule has 1 aliphatic heterocycles. The Hall–Kier alpha value is -1.93. The fraction of sp³-hybridized carbons (Fsp3) is 0.519. The van der Waals surface area contributed by atoms with Crippen molar-refractivity contribution in [3.63, 3.8) is 0 Å². The summed E-state index contributed by atoms with van der Waals surface area (Å²) < 4.78 is 0. The molecule has 2 aromatic carbocycles. The zero-order valence-electron chi connectivity index (χ0n) is 18.4. The summed E-state index contributed by atoms with van der Waals surface area (Å²) >= 11 is 0. The Bertz CT molecular complexity index is 616. The monoisotopic (exact) mass is 393 g/mol. The van der Waals surface area contributed by atoms with E-state index < -0.39 is 0 Å². The van der Waals surface area contributed by atoms with E-state index in [1.165, 1.54) is 49.7 Å². The molecule has 158 valence electrons. The molecule has 0 spiro atoms. The highest BCUT2D eigenvalue weighted by Crippen LogP contribution is 2.17. The van der Waals surface area contributed by atoms with Crippen LogP contribution in [0.3, 0.4) is 0 Å². The zero-order valence-corrected chi connectivity index (χ0v) is 18.4. The highest BCUT2D eigenvalue weighted by atomic mass is 16.1. The summed E-state index contributed by atoms with van der Waals surface area (Å²) in [6.45, 7) is 6.06. The Balaban J connectivity index is 0.000000278. The Morgan fingerprint density at radius 3 is 1.83 bits per heavy atom. The second kappa shape index (κ2) is 14.1. The first-order valence-corrected chi connectivity index (χ1v) is 11.4. The van der Waals surface area contributed by atoms with Crippen molar-refractivity contribution in [2.45, 2.75) is 65.2 Å². The third-order valence-electron chi connectivity index (χ3n) is 5.88. The number of carbonyl (C=O) groups excluding carboxylic acids is 1. The quantitative estimate of drug-likeness (QED) is 0.546. The van der Waals surface area contributed by atoms with E-state index in [0.717, 1.165) is 31.8 Å². The van der Waals surface area contributed by atoms with Crippen LogP contribution in [-0.2, 0) is 17.6 Å². The maximum atomic E-state index is 10.8. The molecule has 0 amide bonds. The number of hydrogen-bond donors (Lipinski definition) is 1. The van der Waals surface area contributed by atoms with Gasteiger partial charge in [-0.3, -0.25) is 4.79 Å². The summed E-state index contributed by atoms with van der Waals surface area (Å²) in [4.78, 5) is 10.8. The lowest BCUT2D eigenvalue weighted by atomic mass is 9.95. The highest BCUT2D eigenvalue weighted by Gasteiger charge is 2.16. The summed E-state index contributed by atoms with van der Waals surface area (Å²) in [5.41, 5.74) is 2.95. The zero-order chi connectivity index (χ0) is 20.7. The van der Waals surface area contributed by atoms with E-state index in [0.29, 0.717) is 11.7 Å². The van der Waals surface area contributed by atoms with Crippen LogP contribution in [0.1, 0.15) is 63.5 Å². The molecule has 1 fully saturated rings. The first-order chi connectivity index (χ1) is 14.1. The van der Waals surface area contributed by atoms with Crippen LogP contribution in [0.5, 0.6) is 0 Å². The lowest BCUT2D eigenvalue weighted by molar-refractivity contribution is -0.121. The van der Waals surface area contributed by atoms with E-state index in [2.05, 4.69) is 72.9 Å². The standard InChI is InChI=1S/C20H26.C7H13NO/c1-18(10-8-16-19-12-4-2-5-13-19)11-9-17-20-14-6-3-7-15-20;1-6(9)7-3-2-4-8-5-7/h2-7,12-15,18H,8-11,16-17H2,1H3;7-8H,2-5H2,1H3. The van der Waals surface area contributed by atoms with Gasteiger partial charge in [-0.25, -0.2) is 0 Å². The number of benzene rings is 2. The predicted octanol–water partition coefficient (Wildman–Crippen LogP) is 6.24. The molecule has 2 heteroatoms. The molecular weight excluding hydrogens is 354 g/mol. The number of nitrogens with one attached hydrogen (secondary N) is 1. The maximum Gasteiger partial charge on any atom is 0.134 e. The van der Waals surface area contributed by atoms with E-state index >= 15 is 0 Å². The number of carbonyl (C=O) groups is 1. The van der Waals surface area contributed by atoms with E-state index in [1.807, 2.05) is 0 Å². The smallest absolute Gasteiger partial charge is 0.134 e. The molecule has 0 saturated carbocycles. The molecule has 0 radical (unpaired) electrons. The number of aryl methyl sites for hydroxylation is 2. The Morgan fingerprint density at radius 1 is 0.931 bits per heavy atom. The average molecular weight is 394 g/mol. The van der Waals surface area contributed by atoms with E-state index in [4.69, 9.17) is 0 Å². The van der Waals surface area contributed by atoms with Crippen molar-refractivity contribution >= 4 is 5.78 Å². The van der Waals surface area contributed by atoms with Crippen LogP contribution in [0.25, 0.3) is 0 Å². The number of Topliss-reactive ketones (excluding diaryl/α,β-unsaturated/α-hetero) is 1. The van der Waals surface area contributed by atoms with Gasteiger partial charge < -0.3 is 5.32 Å². The molecule has 0 aromatic heterocycles. The van der Waals surface area contributed by atoms with Gasteiger partial charge in [-0.2, -0.15) is 0 Å². The van der Waals surface area contributed by atoms with Gasteiger partial charge in [0.2, 0.25) is 0 Å². The fourth-order valence-electron chi connectivity index (χ4n) is 3.94. The number of ketones is 1. The summed E-state index contributed by atoms with van der Waals surface area (Å²) in [6, 6.07) is 21.7. The van der Waals surface area contributed by atoms with Crippen LogP contribution < -0.4 is 5.32 Å². The van der Waals surface area contributed by atoms with Crippen molar-refractivity contribution < 1.29 is 4.79 Å². The normalized spacial score (nSPS) is 16.2. The van der Waals surface area contributed by atoms with Crippen LogP contribution in [0.2, 0.25) is 0 Å². The molecule has 29 heavy (non-hydrogen) atoms. The minimum absolute atomic E-state index is 0.304. The van der Waals surface area contributed by atoms with Crippen LogP contribution in [-0.4, -0.2) is 18.9 Å². The van der Waals surface area contributed by atoms with Crippen molar-refractivity contribution in [2.24, 2.45) is 11.8 Å². The van der Waals surface area contributed by atoms with Crippen LogP contribution in [0, 0.1) is 11.8 Å². The van der Waals surface area contributed by atoms with Gasteiger partial charge in [-0.05, 0) is 69.0 Å². The SMILES string of the molecule is CC(=O)C1CCCNC1.CC(CCCc1ccccc1)CCCc1ccccc1. The van der Waals surface area contributed by atoms with Gasteiger partial charge in [0.05, 0.1) is 0 Å². The van der Waals surface area contributed by atoms with Crippen molar-refractivity contribution in [1.29, 1.82) is 0 Å². The van der Waals surface area contributed by atoms with Gasteiger partial charge in [-0.15, -0.1) is 0 Å². The summed E-state index contributed by atoms with van der Waals surface area (Å²) in [7, 11) is 0. The van der Waals surface area contributed by atoms with E-state index in [1.54, 1.807) is 6.92 Å². The maximum absolute atomic E-state index is 10.8. The minimum Gasteiger partial charge on any atom is -0.316 e. The Kier molecular flexibility index (Phi) is 11.4. The summed E-state index contributed by atoms with van der Waals surface area (Å²) in [5, 5.41) is 3.20. The first kappa shape index (κ1) is 23.3. The molecule has 1 aliphatic rings. The Morgan fingerprint density at radius 2 is 1.45 bits per heavy atom. The topological polar surface area (TPSA) is 29.1 Å². The lowest BCUT2D eigenvalue weighted by Crippen LogP contribution is -2.33. The highest BCUT2D eigenvalue weighted by molar-refractivity contribution is 5.78. The predicted molar refractivity (Wildman–Crippen MR) is 124 cm³/mol. The number of hydrogen-bond acceptors (Lipinski definition) is 2. The van der Waals surface area contributed by atoms with E-state index in [-0.39, 0.29) is 0 Å². The van der Waals surface area contributed by atoms with Crippen molar-refractivity contribution in [2.75, 3.05) is 13.1 Å². The third kappa shape index (κ3) is 10.4. The van der Waals surface area contributed by atoms with Gasteiger partial charge in [-0.1, -0.05) is 80.4 Å². The molecule has 3 rings (SSSR count). The van der Waals surface area contributed by atoms with Gasteiger partial charge in [0.25, 0.3) is 0 Å². The molecule has 2 nitrogen and oxygen atoms in total. The molecule has 0 aliphatic carbocycles. The largest absolute Gasteiger partial charge is 0.316 e. The first-order valence-electron chi connectivity index (χ1n) is 11.4. The molecule has 1 heterocycles. The van der Waals surface area contributed by atoms with Crippen molar-refractivity contribution in [1.82, 2.24) is 5.32 Å². The minimum atomic E-state index is 0.304. The number of piperidine rings is 1. The molecule has 1 N–H and O–H groups in total. The molecule has 1 saturated heterocycles. The third-order valence-corrected chi connectivity index (χ3v) is 5.88. The van der Waals surface area contributed by atoms with Crippen LogP contribution in [0.4, 0.5) is 0 Å². The van der Waals surface area contributed by atoms with Gasteiger partial charge in [0.15, 0.2) is 0 Å². The van der Waals surface area contributed by atoms with Gasteiger partial charge in [0, 0.05) is 12.5 Å². The summed E-state index contributed by atoms with van der Waals surface area (Å²) in [5.74, 6) is 1.49. The molecule has 1 atom stereocenters. The molecule has 2 aromatic rings. The van der Waals surface area contributed by atoms with Crippen LogP contribution >= 0.6 is 0 Å². The second-order valence-corrected chi connectivity index (χ2v) is 8.51. The van der Waals surface area contributed by atoms with Crippen molar-refractivity contribution in [3.8, 4) is 0 Å². The van der Waals surface area contributed by atoms with Gasteiger partial charge >= 0.3 is 0 Å². The number of rotatable bonds is 9. The summed E-state index contributed by atoms with van der Waals surface area (Å²) in [6.07, 6.45) is 10.0. The average Bonchev–Trinajstić information content (AvgIpc) is 2.76. The Labute approximate surface area is 178 Å². The fourth-order valence-corrected chi connectivity index (χ4v) is 3.94. The van der Waals surface area contributed by atoms with Gasteiger partial charge in [0.1, 0.15) is 5.78 Å². The molecule has 1 unspecified atom stereocenters. The second-order valence-electron chi connectivity index (χ2n) is 8.51.